The standard InChI is InChI=1S/C15H17F2N3/c1-10(2)18-7-12-8-19-15(20-9-12)5-11-3-13(16)6-14(17)4-11/h3-4,6,8-10,18H,5,7H2,1-2H3. The average Bonchev–Trinajstić information content (AvgIpc) is 2.36. The minimum atomic E-state index is -0.585. The first kappa shape index (κ1) is 14.5. The van der Waals surface area contributed by atoms with Crippen molar-refractivity contribution in [3.05, 3.63) is 59.2 Å². The van der Waals surface area contributed by atoms with Crippen molar-refractivity contribution in [2.75, 3.05) is 0 Å². The molecular weight excluding hydrogens is 260 g/mol. The molecule has 2 rings (SSSR count). The normalized spacial score (nSPS) is 11.1. The number of nitrogens with zero attached hydrogens (tertiary/aromatic N) is 2. The molecular formula is C15H17F2N3. The molecule has 1 N–H and O–H groups in total. The largest absolute Gasteiger partial charge is 0.310 e. The van der Waals surface area contributed by atoms with Crippen LogP contribution in [0.5, 0.6) is 0 Å². The molecule has 0 amide bonds. The van der Waals surface area contributed by atoms with Crippen molar-refractivity contribution < 1.29 is 8.78 Å². The van der Waals surface area contributed by atoms with E-state index in [0.29, 0.717) is 30.4 Å². The molecule has 0 fully saturated rings. The Morgan fingerprint density at radius 1 is 1.00 bits per heavy atom. The van der Waals surface area contributed by atoms with Crippen LogP contribution in [0, 0.1) is 11.6 Å². The SMILES string of the molecule is CC(C)NCc1cnc(Cc2cc(F)cc(F)c2)nc1. The maximum Gasteiger partial charge on any atom is 0.132 e. The van der Waals surface area contributed by atoms with E-state index in [9.17, 15) is 8.78 Å². The van der Waals surface area contributed by atoms with Crippen LogP contribution in [0.25, 0.3) is 0 Å². The van der Waals surface area contributed by atoms with Crippen molar-refractivity contribution in [2.45, 2.75) is 32.9 Å². The molecule has 0 aliphatic heterocycles. The summed E-state index contributed by atoms with van der Waals surface area (Å²) in [7, 11) is 0. The molecule has 20 heavy (non-hydrogen) atoms. The molecule has 0 spiro atoms. The quantitative estimate of drug-likeness (QED) is 0.913. The zero-order valence-electron chi connectivity index (χ0n) is 11.5. The highest BCUT2D eigenvalue weighted by Gasteiger charge is 2.04. The number of nitrogens with one attached hydrogen (secondary N) is 1. The van der Waals surface area contributed by atoms with Crippen LogP contribution < -0.4 is 5.32 Å². The van der Waals surface area contributed by atoms with Crippen LogP contribution in [0.4, 0.5) is 8.78 Å². The highest BCUT2D eigenvalue weighted by atomic mass is 19.1. The summed E-state index contributed by atoms with van der Waals surface area (Å²) in [5, 5.41) is 3.27. The van der Waals surface area contributed by atoms with Crippen LogP contribution in [0.1, 0.15) is 30.8 Å². The molecule has 1 heterocycles. The van der Waals surface area contributed by atoms with Gasteiger partial charge in [-0.05, 0) is 17.7 Å². The molecule has 0 aliphatic carbocycles. The van der Waals surface area contributed by atoms with Gasteiger partial charge in [0, 0.05) is 43.0 Å². The van der Waals surface area contributed by atoms with E-state index in [4.69, 9.17) is 0 Å². The van der Waals surface area contributed by atoms with Crippen LogP contribution in [0.3, 0.4) is 0 Å². The van der Waals surface area contributed by atoms with E-state index in [1.165, 1.54) is 12.1 Å². The lowest BCUT2D eigenvalue weighted by Crippen LogP contribution is -2.22. The third kappa shape index (κ3) is 4.35. The molecule has 0 saturated carbocycles. The fourth-order valence-corrected chi connectivity index (χ4v) is 1.78. The van der Waals surface area contributed by atoms with E-state index in [2.05, 4.69) is 29.1 Å². The molecule has 0 radical (unpaired) electrons. The number of hydrogen-bond donors (Lipinski definition) is 1. The van der Waals surface area contributed by atoms with Crippen molar-refractivity contribution >= 4 is 0 Å². The first-order chi connectivity index (χ1) is 9.52. The Bertz CT molecular complexity index is 548. The van der Waals surface area contributed by atoms with Gasteiger partial charge in [-0.1, -0.05) is 13.8 Å². The Labute approximate surface area is 117 Å². The van der Waals surface area contributed by atoms with Gasteiger partial charge in [0.2, 0.25) is 0 Å². The van der Waals surface area contributed by atoms with E-state index in [0.717, 1.165) is 11.6 Å². The van der Waals surface area contributed by atoms with E-state index < -0.39 is 11.6 Å². The molecule has 0 aliphatic rings. The minimum Gasteiger partial charge on any atom is -0.310 e. The van der Waals surface area contributed by atoms with Crippen molar-refractivity contribution in [1.82, 2.24) is 15.3 Å². The van der Waals surface area contributed by atoms with Crippen molar-refractivity contribution in [3.63, 3.8) is 0 Å². The molecule has 5 heteroatoms. The summed E-state index contributed by atoms with van der Waals surface area (Å²) in [5.74, 6) is -0.626. The van der Waals surface area contributed by atoms with Crippen LogP contribution >= 0.6 is 0 Å². The van der Waals surface area contributed by atoms with Gasteiger partial charge in [-0.3, -0.25) is 0 Å². The lowest BCUT2D eigenvalue weighted by Gasteiger charge is -2.08. The van der Waals surface area contributed by atoms with Gasteiger partial charge in [-0.15, -0.1) is 0 Å². The second-order valence-corrected chi connectivity index (χ2v) is 5.00. The van der Waals surface area contributed by atoms with Crippen molar-refractivity contribution in [1.29, 1.82) is 0 Å². The number of hydrogen-bond acceptors (Lipinski definition) is 3. The lowest BCUT2D eigenvalue weighted by atomic mass is 10.1. The van der Waals surface area contributed by atoms with Gasteiger partial charge in [-0.2, -0.15) is 0 Å². The van der Waals surface area contributed by atoms with Gasteiger partial charge in [-0.25, -0.2) is 18.7 Å². The maximum atomic E-state index is 13.1. The van der Waals surface area contributed by atoms with Crippen molar-refractivity contribution in [2.24, 2.45) is 0 Å². The van der Waals surface area contributed by atoms with Gasteiger partial charge >= 0.3 is 0 Å². The Kier molecular flexibility index (Phi) is 4.74. The highest BCUT2D eigenvalue weighted by Crippen LogP contribution is 2.11. The number of rotatable bonds is 5. The summed E-state index contributed by atoms with van der Waals surface area (Å²) in [6.45, 7) is 4.83. The van der Waals surface area contributed by atoms with Crippen LogP contribution in [-0.2, 0) is 13.0 Å². The lowest BCUT2D eigenvalue weighted by molar-refractivity contribution is 0.580. The number of aromatic nitrogens is 2. The van der Waals surface area contributed by atoms with Crippen LogP contribution in [-0.4, -0.2) is 16.0 Å². The summed E-state index contributed by atoms with van der Waals surface area (Å²) in [6, 6.07) is 3.83. The summed E-state index contributed by atoms with van der Waals surface area (Å²) < 4.78 is 26.2. The van der Waals surface area contributed by atoms with Gasteiger partial charge in [0.25, 0.3) is 0 Å². The first-order valence-corrected chi connectivity index (χ1v) is 6.51. The summed E-state index contributed by atoms with van der Waals surface area (Å²) >= 11 is 0. The molecule has 0 bridgehead atoms. The van der Waals surface area contributed by atoms with Gasteiger partial charge in [0.1, 0.15) is 17.5 Å². The average molecular weight is 277 g/mol. The summed E-state index contributed by atoms with van der Waals surface area (Å²) in [5.41, 5.74) is 1.50. The molecule has 2 aromatic rings. The predicted octanol–water partition coefficient (Wildman–Crippen LogP) is 2.84. The van der Waals surface area contributed by atoms with Crippen LogP contribution in [0.15, 0.2) is 30.6 Å². The molecule has 3 nitrogen and oxygen atoms in total. The minimum absolute atomic E-state index is 0.312. The smallest absolute Gasteiger partial charge is 0.132 e. The molecule has 0 atom stereocenters. The zero-order chi connectivity index (χ0) is 14.5. The Morgan fingerprint density at radius 2 is 1.60 bits per heavy atom. The molecule has 106 valence electrons. The monoisotopic (exact) mass is 277 g/mol. The highest BCUT2D eigenvalue weighted by molar-refractivity contribution is 5.21. The summed E-state index contributed by atoms with van der Waals surface area (Å²) in [4.78, 5) is 8.43. The van der Waals surface area contributed by atoms with Crippen LogP contribution in [0.2, 0.25) is 0 Å². The summed E-state index contributed by atoms with van der Waals surface area (Å²) in [6.07, 6.45) is 3.77. The Hall–Kier alpha value is -1.88. The fourth-order valence-electron chi connectivity index (χ4n) is 1.78. The topological polar surface area (TPSA) is 37.8 Å². The predicted molar refractivity (Wildman–Crippen MR) is 73.2 cm³/mol. The third-order valence-electron chi connectivity index (χ3n) is 2.76. The molecule has 1 aromatic carbocycles. The molecule has 1 aromatic heterocycles. The van der Waals surface area contributed by atoms with E-state index in [1.807, 2.05) is 0 Å². The van der Waals surface area contributed by atoms with Gasteiger partial charge in [0.05, 0.1) is 0 Å². The number of halogens is 2. The van der Waals surface area contributed by atoms with Gasteiger partial charge in [0.15, 0.2) is 0 Å². The first-order valence-electron chi connectivity index (χ1n) is 6.51. The van der Waals surface area contributed by atoms with Gasteiger partial charge < -0.3 is 5.32 Å². The zero-order valence-corrected chi connectivity index (χ0v) is 11.5. The van der Waals surface area contributed by atoms with Crippen molar-refractivity contribution in [3.8, 4) is 0 Å². The third-order valence-corrected chi connectivity index (χ3v) is 2.76. The second kappa shape index (κ2) is 6.52. The second-order valence-electron chi connectivity index (χ2n) is 5.00. The fraction of sp³-hybridized carbons (Fsp3) is 0.333. The Morgan fingerprint density at radius 3 is 2.15 bits per heavy atom. The number of benzene rings is 1. The Balaban J connectivity index is 2.03. The molecule has 0 unspecified atom stereocenters. The van der Waals surface area contributed by atoms with E-state index in [-0.39, 0.29) is 0 Å². The molecule has 0 saturated heterocycles. The van der Waals surface area contributed by atoms with E-state index >= 15 is 0 Å². The maximum absolute atomic E-state index is 13.1. The van der Waals surface area contributed by atoms with E-state index in [1.54, 1.807) is 12.4 Å².